The zero-order valence-corrected chi connectivity index (χ0v) is 17.3. The van der Waals surface area contributed by atoms with Gasteiger partial charge in [-0.15, -0.1) is 0 Å². The number of hydrogen-bond acceptors (Lipinski definition) is 6. The Morgan fingerprint density at radius 2 is 1.78 bits per heavy atom. The van der Waals surface area contributed by atoms with Crippen molar-refractivity contribution in [2.24, 2.45) is 0 Å². The molecule has 0 aliphatic carbocycles. The molecule has 0 radical (unpaired) electrons. The van der Waals surface area contributed by atoms with E-state index < -0.39 is 30.1 Å². The van der Waals surface area contributed by atoms with Gasteiger partial charge in [-0.2, -0.15) is 0 Å². The van der Waals surface area contributed by atoms with Crippen molar-refractivity contribution >= 4 is 39.6 Å². The summed E-state index contributed by atoms with van der Waals surface area (Å²) in [6.45, 7) is 4.67. The minimum absolute atomic E-state index is 0.0994. The molecule has 3 amide bonds. The number of halogens is 1. The van der Waals surface area contributed by atoms with Crippen LogP contribution in [0.2, 0.25) is 0 Å². The quantitative estimate of drug-likeness (QED) is 0.495. The molecule has 0 heterocycles. The third kappa shape index (κ3) is 8.67. The van der Waals surface area contributed by atoms with E-state index in [0.29, 0.717) is 15.8 Å². The molecule has 1 aromatic carbocycles. The van der Waals surface area contributed by atoms with E-state index in [1.54, 1.807) is 39.0 Å². The molecule has 0 aliphatic heterocycles. The SMILES string of the molecule is COc1ccc(Br)cc1C(=O)CCC(=O)OCC(=O)NC(=O)NC(C)(C)C. The molecular formula is C18H23BrN2O6. The molecule has 0 saturated heterocycles. The molecule has 9 heteroatoms. The molecule has 0 unspecified atom stereocenters. The minimum Gasteiger partial charge on any atom is -0.496 e. The topological polar surface area (TPSA) is 111 Å². The second-order valence-corrected chi connectivity index (χ2v) is 7.60. The molecule has 1 rings (SSSR count). The summed E-state index contributed by atoms with van der Waals surface area (Å²) in [4.78, 5) is 47.1. The van der Waals surface area contributed by atoms with Gasteiger partial charge in [-0.25, -0.2) is 4.79 Å². The summed E-state index contributed by atoms with van der Waals surface area (Å²) in [6.07, 6.45) is -0.298. The minimum atomic E-state index is -0.759. The molecule has 0 aromatic heterocycles. The maximum absolute atomic E-state index is 12.3. The second-order valence-electron chi connectivity index (χ2n) is 6.68. The highest BCUT2D eigenvalue weighted by Gasteiger charge is 2.18. The first-order chi connectivity index (χ1) is 12.5. The van der Waals surface area contributed by atoms with Gasteiger partial charge in [0.1, 0.15) is 5.75 Å². The molecule has 0 bridgehead atoms. The Morgan fingerprint density at radius 1 is 1.11 bits per heavy atom. The number of urea groups is 1. The van der Waals surface area contributed by atoms with Crippen molar-refractivity contribution in [1.82, 2.24) is 10.6 Å². The molecule has 0 spiro atoms. The van der Waals surface area contributed by atoms with Gasteiger partial charge >= 0.3 is 12.0 Å². The van der Waals surface area contributed by atoms with E-state index in [-0.39, 0.29) is 18.6 Å². The lowest BCUT2D eigenvalue weighted by atomic mass is 10.1. The molecule has 0 fully saturated rings. The van der Waals surface area contributed by atoms with E-state index >= 15 is 0 Å². The Kier molecular flexibility index (Phi) is 8.42. The van der Waals surface area contributed by atoms with Crippen molar-refractivity contribution in [3.8, 4) is 5.75 Å². The normalized spacial score (nSPS) is 10.7. The third-order valence-corrected chi connectivity index (χ3v) is 3.62. The smallest absolute Gasteiger partial charge is 0.321 e. The number of carbonyl (C=O) groups is 4. The van der Waals surface area contributed by atoms with E-state index in [1.165, 1.54) is 7.11 Å². The van der Waals surface area contributed by atoms with Gasteiger partial charge in [0.15, 0.2) is 12.4 Å². The number of nitrogens with one attached hydrogen (secondary N) is 2. The molecule has 2 N–H and O–H groups in total. The average Bonchev–Trinajstić information content (AvgIpc) is 2.55. The van der Waals surface area contributed by atoms with E-state index in [2.05, 4.69) is 21.2 Å². The highest BCUT2D eigenvalue weighted by molar-refractivity contribution is 9.10. The number of methoxy groups -OCH3 is 1. The summed E-state index contributed by atoms with van der Waals surface area (Å²) >= 11 is 3.28. The van der Waals surface area contributed by atoms with E-state index in [1.807, 2.05) is 5.32 Å². The van der Waals surface area contributed by atoms with Gasteiger partial charge in [0.25, 0.3) is 5.91 Å². The number of Topliss-reactive ketones (excluding diaryl/α,β-unsaturated/α-hetero) is 1. The van der Waals surface area contributed by atoms with Crippen LogP contribution in [0.25, 0.3) is 0 Å². The molecule has 0 aliphatic rings. The van der Waals surface area contributed by atoms with Gasteiger partial charge in [-0.05, 0) is 39.0 Å². The van der Waals surface area contributed by atoms with Crippen molar-refractivity contribution in [2.45, 2.75) is 39.2 Å². The van der Waals surface area contributed by atoms with E-state index in [9.17, 15) is 19.2 Å². The van der Waals surface area contributed by atoms with Crippen molar-refractivity contribution in [3.05, 3.63) is 28.2 Å². The molecular weight excluding hydrogens is 420 g/mol. The molecule has 148 valence electrons. The molecule has 27 heavy (non-hydrogen) atoms. The van der Waals surface area contributed by atoms with Crippen LogP contribution in [0.4, 0.5) is 4.79 Å². The maximum Gasteiger partial charge on any atom is 0.321 e. The lowest BCUT2D eigenvalue weighted by Gasteiger charge is -2.20. The van der Waals surface area contributed by atoms with Crippen LogP contribution in [0.1, 0.15) is 44.0 Å². The number of benzene rings is 1. The number of amides is 3. The standard InChI is InChI=1S/C18H23BrN2O6/c1-18(2,3)21-17(25)20-15(23)10-27-16(24)8-6-13(22)12-9-11(19)5-7-14(12)26-4/h5,7,9H,6,8,10H2,1-4H3,(H2,20,21,23,25). The number of hydrogen-bond donors (Lipinski definition) is 2. The number of ketones is 1. The van der Waals surface area contributed by atoms with Crippen LogP contribution in [0.5, 0.6) is 5.75 Å². The summed E-state index contributed by atoms with van der Waals surface area (Å²) in [7, 11) is 1.45. The van der Waals surface area contributed by atoms with Crippen molar-refractivity contribution in [3.63, 3.8) is 0 Å². The maximum atomic E-state index is 12.3. The fourth-order valence-corrected chi connectivity index (χ4v) is 2.36. The zero-order chi connectivity index (χ0) is 20.6. The first-order valence-electron chi connectivity index (χ1n) is 8.16. The molecule has 8 nitrogen and oxygen atoms in total. The number of ether oxygens (including phenoxy) is 2. The molecule has 0 atom stereocenters. The Morgan fingerprint density at radius 3 is 2.37 bits per heavy atom. The fraction of sp³-hybridized carbons (Fsp3) is 0.444. The summed E-state index contributed by atoms with van der Waals surface area (Å²) < 4.78 is 10.6. The van der Waals surface area contributed by atoms with Crippen LogP contribution in [-0.4, -0.2) is 42.9 Å². The zero-order valence-electron chi connectivity index (χ0n) is 15.7. The Balaban J connectivity index is 2.43. The van der Waals surface area contributed by atoms with Crippen LogP contribution >= 0.6 is 15.9 Å². The van der Waals surface area contributed by atoms with Crippen LogP contribution in [0.3, 0.4) is 0 Å². The average molecular weight is 443 g/mol. The molecule has 1 aromatic rings. The van der Waals surface area contributed by atoms with Gasteiger partial charge in [0.05, 0.1) is 19.1 Å². The third-order valence-electron chi connectivity index (χ3n) is 3.12. The summed E-state index contributed by atoms with van der Waals surface area (Å²) in [5, 5.41) is 4.59. The van der Waals surface area contributed by atoms with E-state index in [0.717, 1.165) is 0 Å². The summed E-state index contributed by atoms with van der Waals surface area (Å²) in [6, 6.07) is 4.30. The second kappa shape index (κ2) is 10.1. The fourth-order valence-electron chi connectivity index (χ4n) is 2.00. The van der Waals surface area contributed by atoms with Gasteiger partial charge in [0.2, 0.25) is 0 Å². The highest BCUT2D eigenvalue weighted by atomic mass is 79.9. The number of imide groups is 1. The van der Waals surface area contributed by atoms with Gasteiger partial charge in [0, 0.05) is 16.4 Å². The predicted octanol–water partition coefficient (Wildman–Crippen LogP) is 2.59. The first kappa shape index (κ1) is 22.6. The largest absolute Gasteiger partial charge is 0.496 e. The lowest BCUT2D eigenvalue weighted by molar-refractivity contribution is -0.148. The Bertz CT molecular complexity index is 727. The Labute approximate surface area is 166 Å². The lowest BCUT2D eigenvalue weighted by Crippen LogP contribution is -2.49. The monoisotopic (exact) mass is 442 g/mol. The van der Waals surface area contributed by atoms with E-state index in [4.69, 9.17) is 9.47 Å². The number of carbonyl (C=O) groups excluding carboxylic acids is 4. The van der Waals surface area contributed by atoms with Crippen LogP contribution < -0.4 is 15.4 Å². The van der Waals surface area contributed by atoms with Crippen LogP contribution in [-0.2, 0) is 14.3 Å². The summed E-state index contributed by atoms with van der Waals surface area (Å²) in [5.41, 5.74) is -0.161. The van der Waals surface area contributed by atoms with Gasteiger partial charge in [-0.3, -0.25) is 19.7 Å². The van der Waals surface area contributed by atoms with Crippen molar-refractivity contribution in [2.75, 3.05) is 13.7 Å². The number of rotatable bonds is 7. The van der Waals surface area contributed by atoms with Crippen LogP contribution in [0, 0.1) is 0 Å². The van der Waals surface area contributed by atoms with Crippen molar-refractivity contribution < 1.29 is 28.7 Å². The predicted molar refractivity (Wildman–Crippen MR) is 102 cm³/mol. The summed E-state index contributed by atoms with van der Waals surface area (Å²) in [5.74, 6) is -1.37. The number of esters is 1. The first-order valence-corrected chi connectivity index (χ1v) is 8.95. The van der Waals surface area contributed by atoms with Crippen LogP contribution in [0.15, 0.2) is 22.7 Å². The Hall–Kier alpha value is -2.42. The van der Waals surface area contributed by atoms with Crippen molar-refractivity contribution in [1.29, 1.82) is 0 Å². The highest BCUT2D eigenvalue weighted by Crippen LogP contribution is 2.24. The van der Waals surface area contributed by atoms with Gasteiger partial charge in [-0.1, -0.05) is 15.9 Å². The molecule has 0 saturated carbocycles. The van der Waals surface area contributed by atoms with Gasteiger partial charge < -0.3 is 14.8 Å².